The van der Waals surface area contributed by atoms with Gasteiger partial charge in [0.1, 0.15) is 48.4 Å². The third-order valence-electron chi connectivity index (χ3n) is 17.0. The molecule has 512 valence electrons. The Morgan fingerprint density at radius 1 is 0.494 bits per heavy atom. The van der Waals surface area contributed by atoms with Crippen molar-refractivity contribution in [1.82, 2.24) is 10.6 Å². The lowest BCUT2D eigenvalue weighted by molar-refractivity contribution is -0.297. The van der Waals surface area contributed by atoms with Gasteiger partial charge in [0.15, 0.2) is 12.6 Å². The summed E-state index contributed by atoms with van der Waals surface area (Å²) in [5, 5.41) is 18.1. The number of hydrogen-bond acceptors (Lipinski definition) is 13. The second-order valence-corrected chi connectivity index (χ2v) is 28.4. The molecule has 0 aromatic heterocycles. The molecule has 1 unspecified atom stereocenters. The minimum absolute atomic E-state index is 0.160. The molecular formula is C67H128N2O16P2. The monoisotopic (exact) mass is 1280 g/mol. The highest BCUT2D eigenvalue weighted by Crippen LogP contribution is 2.44. The summed E-state index contributed by atoms with van der Waals surface area (Å²) in [6.07, 6.45) is 33.5. The minimum atomic E-state index is -5.15. The number of ether oxygens (including phenoxy) is 5. The van der Waals surface area contributed by atoms with E-state index in [1.54, 1.807) is 6.92 Å². The van der Waals surface area contributed by atoms with Gasteiger partial charge in [0.2, 0.25) is 11.8 Å². The van der Waals surface area contributed by atoms with Crippen molar-refractivity contribution in [1.29, 1.82) is 0 Å². The highest BCUT2D eigenvalue weighted by molar-refractivity contribution is 7.51. The number of unbranched alkanes of at least 4 members (excludes halogenated alkanes) is 30. The molecule has 0 spiro atoms. The zero-order chi connectivity index (χ0) is 64.0. The molecule has 2 rings (SSSR count). The summed E-state index contributed by atoms with van der Waals surface area (Å²) in [5.74, 6) is -1.00. The Labute approximate surface area is 528 Å². The zero-order valence-corrected chi connectivity index (χ0v) is 57.5. The fraction of sp³-hybridized carbons (Fsp3) is 0.925. The third-order valence-corrected chi connectivity index (χ3v) is 18.1. The molecule has 87 heavy (non-hydrogen) atoms. The number of phosphoric acid groups is 1. The van der Waals surface area contributed by atoms with Gasteiger partial charge in [-0.3, -0.25) is 28.0 Å². The molecular weight excluding hydrogens is 1150 g/mol. The number of rotatable bonds is 57. The lowest BCUT2D eigenvalue weighted by Gasteiger charge is -2.47. The van der Waals surface area contributed by atoms with Crippen LogP contribution in [0.3, 0.4) is 0 Å². The van der Waals surface area contributed by atoms with Crippen LogP contribution in [0.2, 0.25) is 0 Å². The number of carbonyl (C=O) groups is 3. The van der Waals surface area contributed by atoms with Crippen LogP contribution < -0.4 is 10.6 Å². The molecule has 2 aliphatic heterocycles. The van der Waals surface area contributed by atoms with Crippen LogP contribution in [0.5, 0.6) is 0 Å². The summed E-state index contributed by atoms with van der Waals surface area (Å²) >= 11 is 0. The maximum atomic E-state index is 14.1. The fourth-order valence-electron chi connectivity index (χ4n) is 11.7. The second-order valence-electron chi connectivity index (χ2n) is 25.3. The van der Waals surface area contributed by atoms with Crippen molar-refractivity contribution in [3.05, 3.63) is 12.2 Å². The number of hydrogen-bond donors (Lipinski definition) is 6. The van der Waals surface area contributed by atoms with E-state index in [2.05, 4.69) is 57.4 Å². The topological polar surface area (TPSA) is 255 Å². The first-order valence-corrected chi connectivity index (χ1v) is 38.7. The van der Waals surface area contributed by atoms with Crippen molar-refractivity contribution in [2.75, 3.05) is 26.5 Å². The molecule has 0 radical (unpaired) electrons. The van der Waals surface area contributed by atoms with Crippen molar-refractivity contribution in [3.8, 4) is 0 Å². The molecule has 20 heteroatoms. The van der Waals surface area contributed by atoms with Gasteiger partial charge < -0.3 is 54.1 Å². The molecule has 0 aliphatic carbocycles. The SMILES string of the molecule is CCCCCC/C=C\CCCCCCCCCC(=O)N[C@H]1[C@H](OC[C@H]2O[C@H](OP(C)(=O)O)[C@H](NC(=O)CC(=O)CCCCCCCCCCC)[C@@H](OCCCCCCCCCC)[C@@H]2O)O[C@H](CC)[C@@H](OP(=O)(O)O)[C@@H]1OCC[C@H](C)CCCCCCC. The highest BCUT2D eigenvalue weighted by atomic mass is 31.2. The molecule has 0 saturated carbocycles. The number of Topliss-reactive ketones (excluding diaryl/α,β-unsaturated/α-hetero) is 1. The van der Waals surface area contributed by atoms with Crippen molar-refractivity contribution < 1.29 is 76.0 Å². The number of carbonyl (C=O) groups excluding carboxylic acids is 3. The first-order chi connectivity index (χ1) is 41.9. The summed E-state index contributed by atoms with van der Waals surface area (Å²) in [6.45, 7) is 13.6. The number of allylic oxidation sites excluding steroid dienone is 2. The van der Waals surface area contributed by atoms with Gasteiger partial charge in [0, 0.05) is 32.7 Å². The van der Waals surface area contributed by atoms with Gasteiger partial charge in [-0.1, -0.05) is 240 Å². The first kappa shape index (κ1) is 81.5. The van der Waals surface area contributed by atoms with Crippen molar-refractivity contribution in [3.63, 3.8) is 0 Å². The quantitative estimate of drug-likeness (QED) is 0.0143. The summed E-state index contributed by atoms with van der Waals surface area (Å²) < 4.78 is 69.3. The van der Waals surface area contributed by atoms with E-state index < -0.39 is 95.6 Å². The number of aliphatic hydroxyl groups excluding tert-OH is 1. The standard InChI is InChI=1S/C67H128N2O16P2/c1-8-13-17-21-24-27-28-29-30-31-32-34-36-40-44-48-58(71)68-61-65(80-51-49-54(6)46-42-38-20-16-11-4)63(84-87(76,77)78)56(12-5)82-66(61)81-53-57-62(73)64(79-50-45-41-37-26-23-19-15-10-3)60(67(83-57)85-86(7,74)75)69-59(72)52-55(70)47-43-39-35-33-25-22-18-14-9-2/h27-28,54,56-57,60-67,73H,8-26,29-53H2,1-7H3,(H,68,71)(H,69,72)(H,74,75)(H2,76,77,78)/b28-27-/t54-,56-,57-,60-,61-,62-,63-,64-,65-,66-,67-/m1/s1. The summed E-state index contributed by atoms with van der Waals surface area (Å²) in [6, 6.07) is -2.51. The van der Waals surface area contributed by atoms with Crippen molar-refractivity contribution in [2.45, 2.75) is 366 Å². The fourth-order valence-corrected chi connectivity index (χ4v) is 12.9. The van der Waals surface area contributed by atoms with Gasteiger partial charge in [-0.25, -0.2) is 4.57 Å². The zero-order valence-electron chi connectivity index (χ0n) is 55.7. The largest absolute Gasteiger partial charge is 0.470 e. The van der Waals surface area contributed by atoms with Gasteiger partial charge in [-0.05, 0) is 63.7 Å². The van der Waals surface area contributed by atoms with Crippen LogP contribution in [0, 0.1) is 5.92 Å². The molecule has 2 saturated heterocycles. The molecule has 12 atom stereocenters. The number of ketones is 1. The molecule has 18 nitrogen and oxygen atoms in total. The predicted octanol–water partition coefficient (Wildman–Crippen LogP) is 15.7. The number of phosphoric ester groups is 1. The average Bonchev–Trinajstić information content (AvgIpc) is 1.08. The van der Waals surface area contributed by atoms with Crippen LogP contribution in [0.25, 0.3) is 0 Å². The van der Waals surface area contributed by atoms with Crippen LogP contribution in [0.1, 0.15) is 305 Å². The number of amides is 2. The van der Waals surface area contributed by atoms with Crippen LogP contribution in [0.15, 0.2) is 12.2 Å². The maximum absolute atomic E-state index is 14.1. The van der Waals surface area contributed by atoms with Gasteiger partial charge in [0.25, 0.3) is 0 Å². The Hall–Kier alpha value is -1.63. The van der Waals surface area contributed by atoms with Crippen molar-refractivity contribution >= 4 is 33.0 Å². The third kappa shape index (κ3) is 40.2. The summed E-state index contributed by atoms with van der Waals surface area (Å²) in [4.78, 5) is 72.3. The van der Waals surface area contributed by atoms with Crippen LogP contribution in [0.4, 0.5) is 0 Å². The first-order valence-electron chi connectivity index (χ1n) is 35.2. The predicted molar refractivity (Wildman–Crippen MR) is 347 cm³/mol. The lowest BCUT2D eigenvalue weighted by Crippen LogP contribution is -2.67. The number of nitrogens with one attached hydrogen (secondary N) is 2. The Morgan fingerprint density at radius 3 is 1.47 bits per heavy atom. The van der Waals surface area contributed by atoms with Gasteiger partial charge in [0.05, 0.1) is 19.1 Å². The molecule has 2 amide bonds. The Morgan fingerprint density at radius 2 is 0.943 bits per heavy atom. The summed E-state index contributed by atoms with van der Waals surface area (Å²) in [5.41, 5.74) is 0. The van der Waals surface area contributed by atoms with E-state index in [1.807, 2.05) is 0 Å². The van der Waals surface area contributed by atoms with Gasteiger partial charge >= 0.3 is 15.4 Å². The smallest absolute Gasteiger partial charge is 0.388 e. The Bertz CT molecular complexity index is 1860. The van der Waals surface area contributed by atoms with E-state index in [-0.39, 0.29) is 50.1 Å². The molecule has 0 aromatic rings. The van der Waals surface area contributed by atoms with Gasteiger partial charge in [-0.15, -0.1) is 0 Å². The van der Waals surface area contributed by atoms with Crippen LogP contribution in [-0.2, 0) is 56.2 Å². The number of aliphatic hydroxyl groups is 1. The molecule has 0 bridgehead atoms. The van der Waals surface area contributed by atoms with Crippen LogP contribution in [-0.4, -0.2) is 125 Å². The van der Waals surface area contributed by atoms with E-state index in [0.717, 1.165) is 135 Å². The maximum Gasteiger partial charge on any atom is 0.470 e. The van der Waals surface area contributed by atoms with E-state index in [0.29, 0.717) is 25.7 Å². The van der Waals surface area contributed by atoms with Gasteiger partial charge in [-0.2, -0.15) is 0 Å². The molecule has 0 aromatic carbocycles. The van der Waals surface area contributed by atoms with Crippen molar-refractivity contribution in [2.24, 2.45) is 5.92 Å². The van der Waals surface area contributed by atoms with Crippen LogP contribution >= 0.6 is 15.4 Å². The Kier molecular flexibility index (Phi) is 47.6. The van der Waals surface area contributed by atoms with E-state index in [1.165, 1.54) is 83.5 Å². The minimum Gasteiger partial charge on any atom is -0.388 e. The lowest BCUT2D eigenvalue weighted by atomic mass is 9.94. The van der Waals surface area contributed by atoms with E-state index in [4.69, 9.17) is 32.7 Å². The molecule has 2 fully saturated rings. The second kappa shape index (κ2) is 50.9. The average molecular weight is 1280 g/mol. The highest BCUT2D eigenvalue weighted by Gasteiger charge is 2.53. The molecule has 2 heterocycles. The Balaban J connectivity index is 2.40. The molecule has 2 aliphatic rings. The normalized spacial score (nSPS) is 23.7. The van der Waals surface area contributed by atoms with E-state index in [9.17, 15) is 43.3 Å². The summed E-state index contributed by atoms with van der Waals surface area (Å²) in [7, 11) is -9.51. The van der Waals surface area contributed by atoms with E-state index >= 15 is 0 Å². The molecule has 6 N–H and O–H groups in total.